The van der Waals surface area contributed by atoms with E-state index in [9.17, 15) is 15.0 Å². The van der Waals surface area contributed by atoms with Crippen molar-refractivity contribution >= 4 is 6.09 Å². The number of phenolic OH excluding ortho intramolecular Hbond substituents is 2. The molecule has 0 heterocycles. The Morgan fingerprint density at radius 2 is 1.77 bits per heavy atom. The van der Waals surface area contributed by atoms with Crippen molar-refractivity contribution in [3.63, 3.8) is 0 Å². The first kappa shape index (κ1) is 18.1. The van der Waals surface area contributed by atoms with Gasteiger partial charge in [0.2, 0.25) is 0 Å². The molecule has 0 spiro atoms. The Hall–Kier alpha value is -1.95. The molecule has 1 aromatic carbocycles. The van der Waals surface area contributed by atoms with Crippen LogP contribution in [0.1, 0.15) is 46.2 Å². The van der Waals surface area contributed by atoms with Crippen LogP contribution in [0, 0.1) is 0 Å². The van der Waals surface area contributed by atoms with Crippen LogP contribution in [-0.4, -0.2) is 34.5 Å². The Kier molecular flexibility index (Phi) is 6.05. The minimum absolute atomic E-state index is 0.0350. The van der Waals surface area contributed by atoms with Crippen LogP contribution in [0.4, 0.5) is 4.79 Å². The molecule has 0 aliphatic rings. The van der Waals surface area contributed by atoms with Crippen molar-refractivity contribution in [2.75, 3.05) is 6.54 Å². The summed E-state index contributed by atoms with van der Waals surface area (Å²) < 4.78 is 5.18. The van der Waals surface area contributed by atoms with Crippen LogP contribution in [0.25, 0.3) is 0 Å². The highest BCUT2D eigenvalue weighted by Crippen LogP contribution is 2.31. The van der Waals surface area contributed by atoms with E-state index in [4.69, 9.17) is 4.74 Å². The monoisotopic (exact) mass is 310 g/mol. The summed E-state index contributed by atoms with van der Waals surface area (Å²) in [5, 5.41) is 25.5. The number of hydrogen-bond acceptors (Lipinski definition) is 5. The maximum Gasteiger partial charge on any atom is 0.407 e. The summed E-state index contributed by atoms with van der Waals surface area (Å²) in [4.78, 5) is 11.7. The van der Waals surface area contributed by atoms with Gasteiger partial charge in [0.15, 0.2) is 0 Å². The summed E-state index contributed by atoms with van der Waals surface area (Å²) in [6.07, 6.45) is -0.472. The van der Waals surface area contributed by atoms with Crippen LogP contribution in [-0.2, 0) is 4.74 Å². The van der Waals surface area contributed by atoms with Gasteiger partial charge < -0.3 is 25.6 Å². The number of aromatic hydroxyl groups is 2. The van der Waals surface area contributed by atoms with Gasteiger partial charge in [-0.2, -0.15) is 0 Å². The first-order chi connectivity index (χ1) is 10.1. The van der Waals surface area contributed by atoms with Crippen molar-refractivity contribution in [1.29, 1.82) is 0 Å². The molecule has 0 aliphatic carbocycles. The number of nitrogens with one attached hydrogen (secondary N) is 2. The molecule has 0 saturated carbocycles. The van der Waals surface area contributed by atoms with Crippen molar-refractivity contribution in [2.45, 2.75) is 52.3 Å². The topological polar surface area (TPSA) is 90.8 Å². The molecule has 6 nitrogen and oxygen atoms in total. The van der Waals surface area contributed by atoms with Crippen molar-refractivity contribution in [3.8, 4) is 11.5 Å². The summed E-state index contributed by atoms with van der Waals surface area (Å²) in [6.45, 7) is 9.55. The average molecular weight is 310 g/mol. The van der Waals surface area contributed by atoms with Gasteiger partial charge in [-0.15, -0.1) is 0 Å². The van der Waals surface area contributed by atoms with E-state index in [1.54, 1.807) is 26.8 Å². The smallest absolute Gasteiger partial charge is 0.407 e. The molecule has 6 heteroatoms. The fourth-order valence-electron chi connectivity index (χ4n) is 2.00. The lowest BCUT2D eigenvalue weighted by Gasteiger charge is -2.23. The molecule has 1 amide bonds. The quantitative estimate of drug-likeness (QED) is 0.671. The first-order valence-electron chi connectivity index (χ1n) is 7.34. The van der Waals surface area contributed by atoms with Crippen LogP contribution in [0.5, 0.6) is 11.5 Å². The van der Waals surface area contributed by atoms with Gasteiger partial charge in [-0.1, -0.05) is 6.07 Å². The maximum atomic E-state index is 11.7. The Labute approximate surface area is 131 Å². The molecule has 2 unspecified atom stereocenters. The molecular formula is C16H26N2O4. The summed E-state index contributed by atoms with van der Waals surface area (Å²) in [5.74, 6) is 0.0699. The van der Waals surface area contributed by atoms with Crippen molar-refractivity contribution in [3.05, 3.63) is 23.8 Å². The van der Waals surface area contributed by atoms with Gasteiger partial charge in [0.05, 0.1) is 5.56 Å². The standard InChI is InChI=1S/C16H26N2O4/c1-10(18-15(21)22-16(3,4)5)9-17-11(2)14-12(19)7-6-8-13(14)20/h6-8,10-11,17,19-20H,9H2,1-5H3,(H,18,21). The SMILES string of the molecule is CC(CNC(C)c1c(O)cccc1O)NC(=O)OC(C)(C)C. The van der Waals surface area contributed by atoms with Crippen LogP contribution >= 0.6 is 0 Å². The predicted molar refractivity (Wildman–Crippen MR) is 85.0 cm³/mol. The van der Waals surface area contributed by atoms with E-state index in [0.29, 0.717) is 12.1 Å². The Morgan fingerprint density at radius 3 is 2.27 bits per heavy atom. The first-order valence-corrected chi connectivity index (χ1v) is 7.34. The lowest BCUT2D eigenvalue weighted by atomic mass is 10.1. The third-order valence-electron chi connectivity index (χ3n) is 2.99. The number of hydrogen-bond donors (Lipinski definition) is 4. The predicted octanol–water partition coefficient (Wildman–Crippen LogP) is 2.66. The molecule has 0 aromatic heterocycles. The highest BCUT2D eigenvalue weighted by Gasteiger charge is 2.19. The number of amides is 1. The molecule has 2 atom stereocenters. The van der Waals surface area contributed by atoms with Gasteiger partial charge in [-0.25, -0.2) is 4.79 Å². The van der Waals surface area contributed by atoms with Crippen molar-refractivity contribution < 1.29 is 19.7 Å². The molecule has 124 valence electrons. The fourth-order valence-corrected chi connectivity index (χ4v) is 2.00. The minimum atomic E-state index is -0.536. The Bertz CT molecular complexity index is 491. The zero-order chi connectivity index (χ0) is 16.9. The third-order valence-corrected chi connectivity index (χ3v) is 2.99. The second-order valence-corrected chi connectivity index (χ2v) is 6.39. The summed E-state index contributed by atoms with van der Waals surface area (Å²) in [7, 11) is 0. The van der Waals surface area contributed by atoms with E-state index >= 15 is 0 Å². The number of alkyl carbamates (subject to hydrolysis) is 1. The van der Waals surface area contributed by atoms with Gasteiger partial charge in [0.25, 0.3) is 0 Å². The second-order valence-electron chi connectivity index (χ2n) is 6.39. The van der Waals surface area contributed by atoms with Crippen molar-refractivity contribution in [2.24, 2.45) is 0 Å². The fraction of sp³-hybridized carbons (Fsp3) is 0.562. The summed E-state index contributed by atoms with van der Waals surface area (Å²) in [5.41, 5.74) is -0.0986. The Morgan fingerprint density at radius 1 is 1.23 bits per heavy atom. The molecule has 22 heavy (non-hydrogen) atoms. The van der Waals surface area contributed by atoms with Crippen molar-refractivity contribution in [1.82, 2.24) is 10.6 Å². The zero-order valence-electron chi connectivity index (χ0n) is 13.8. The van der Waals surface area contributed by atoms with Gasteiger partial charge in [-0.3, -0.25) is 0 Å². The van der Waals surface area contributed by atoms with E-state index in [2.05, 4.69) is 10.6 Å². The molecule has 0 saturated heterocycles. The van der Waals surface area contributed by atoms with E-state index < -0.39 is 11.7 Å². The highest BCUT2D eigenvalue weighted by molar-refractivity contribution is 5.68. The summed E-state index contributed by atoms with van der Waals surface area (Å²) >= 11 is 0. The van der Waals surface area contributed by atoms with Gasteiger partial charge in [-0.05, 0) is 46.8 Å². The van der Waals surface area contributed by atoms with E-state index in [0.717, 1.165) is 0 Å². The van der Waals surface area contributed by atoms with Crippen LogP contribution in [0.3, 0.4) is 0 Å². The molecule has 1 rings (SSSR count). The normalized spacial score (nSPS) is 14.2. The number of carbonyl (C=O) groups is 1. The van der Waals surface area contributed by atoms with E-state index in [1.165, 1.54) is 12.1 Å². The number of carbonyl (C=O) groups excluding carboxylic acids is 1. The number of benzene rings is 1. The lowest BCUT2D eigenvalue weighted by molar-refractivity contribution is 0.0507. The van der Waals surface area contributed by atoms with Gasteiger partial charge in [0, 0.05) is 18.6 Å². The maximum absolute atomic E-state index is 11.7. The molecular weight excluding hydrogens is 284 g/mol. The molecule has 0 radical (unpaired) electrons. The largest absolute Gasteiger partial charge is 0.507 e. The molecule has 1 aromatic rings. The molecule has 0 aliphatic heterocycles. The second kappa shape index (κ2) is 7.35. The minimum Gasteiger partial charge on any atom is -0.507 e. The molecule has 4 N–H and O–H groups in total. The summed E-state index contributed by atoms with van der Waals surface area (Å²) in [6, 6.07) is 4.20. The average Bonchev–Trinajstić information content (AvgIpc) is 2.33. The lowest BCUT2D eigenvalue weighted by Crippen LogP contribution is -2.43. The third kappa shape index (κ3) is 5.81. The van der Waals surface area contributed by atoms with E-state index in [1.807, 2.05) is 13.8 Å². The number of rotatable bonds is 5. The van der Waals surface area contributed by atoms with Crippen LogP contribution < -0.4 is 10.6 Å². The van der Waals surface area contributed by atoms with E-state index in [-0.39, 0.29) is 23.6 Å². The molecule has 0 fully saturated rings. The zero-order valence-corrected chi connectivity index (χ0v) is 13.8. The van der Waals surface area contributed by atoms with Gasteiger partial charge in [0.1, 0.15) is 17.1 Å². The van der Waals surface area contributed by atoms with Crippen LogP contribution in [0.2, 0.25) is 0 Å². The Balaban J connectivity index is 2.50. The number of ether oxygens (including phenoxy) is 1. The number of phenols is 2. The van der Waals surface area contributed by atoms with Crippen LogP contribution in [0.15, 0.2) is 18.2 Å². The van der Waals surface area contributed by atoms with Gasteiger partial charge >= 0.3 is 6.09 Å². The molecule has 0 bridgehead atoms. The highest BCUT2D eigenvalue weighted by atomic mass is 16.6.